The van der Waals surface area contributed by atoms with Crippen molar-refractivity contribution in [2.75, 3.05) is 50.8 Å². The summed E-state index contributed by atoms with van der Waals surface area (Å²) in [5, 5.41) is 11.8. The number of hydrogen-bond donors (Lipinski definition) is 0. The predicted octanol–water partition coefficient (Wildman–Crippen LogP) is 2.62. The first kappa shape index (κ1) is 22.7. The van der Waals surface area contributed by atoms with Crippen LogP contribution >= 0.6 is 0 Å². The zero-order valence-electron chi connectivity index (χ0n) is 18.3. The second kappa shape index (κ2) is 9.53. The van der Waals surface area contributed by atoms with E-state index in [9.17, 15) is 24.1 Å². The van der Waals surface area contributed by atoms with Crippen molar-refractivity contribution in [1.29, 1.82) is 0 Å². The van der Waals surface area contributed by atoms with Gasteiger partial charge >= 0.3 is 0 Å². The number of piperazine rings is 1. The first-order valence-corrected chi connectivity index (χ1v) is 10.8. The first-order chi connectivity index (χ1) is 15.8. The van der Waals surface area contributed by atoms with Crippen molar-refractivity contribution >= 4 is 23.2 Å². The molecule has 2 heterocycles. The molecule has 0 aliphatic carbocycles. The summed E-state index contributed by atoms with van der Waals surface area (Å²) in [6.45, 7) is 4.40. The summed E-state index contributed by atoms with van der Waals surface area (Å²) in [7, 11) is 0. The van der Waals surface area contributed by atoms with E-state index >= 15 is 0 Å². The molecule has 1 atom stereocenters. The van der Waals surface area contributed by atoms with E-state index in [-0.39, 0.29) is 35.4 Å². The van der Waals surface area contributed by atoms with Crippen LogP contribution in [0.2, 0.25) is 0 Å². The summed E-state index contributed by atoms with van der Waals surface area (Å²) < 4.78 is 19.0. The molecule has 2 aromatic carbocycles. The minimum Gasteiger partial charge on any atom is -0.370 e. The molecule has 2 aliphatic heterocycles. The molecule has 2 amide bonds. The predicted molar refractivity (Wildman–Crippen MR) is 119 cm³/mol. The molecule has 0 aromatic heterocycles. The van der Waals surface area contributed by atoms with Gasteiger partial charge in [0.2, 0.25) is 5.91 Å². The first-order valence-electron chi connectivity index (χ1n) is 10.8. The van der Waals surface area contributed by atoms with Crippen molar-refractivity contribution in [3.63, 3.8) is 0 Å². The van der Waals surface area contributed by atoms with Crippen LogP contribution in [0.5, 0.6) is 0 Å². The van der Waals surface area contributed by atoms with E-state index in [4.69, 9.17) is 4.74 Å². The van der Waals surface area contributed by atoms with E-state index in [1.807, 2.05) is 4.90 Å². The van der Waals surface area contributed by atoms with Gasteiger partial charge in [0.15, 0.2) is 0 Å². The highest BCUT2D eigenvalue weighted by Gasteiger charge is 2.29. The Bertz CT molecular complexity index is 1050. The fraction of sp³-hybridized carbons (Fsp3) is 0.391. The Kier molecular flexibility index (Phi) is 6.55. The lowest BCUT2D eigenvalue weighted by atomic mass is 10.1. The van der Waals surface area contributed by atoms with Gasteiger partial charge in [-0.1, -0.05) is 12.1 Å². The summed E-state index contributed by atoms with van der Waals surface area (Å²) in [5.41, 5.74) is 1.29. The number of carbonyl (C=O) groups excluding carboxylic acids is 2. The highest BCUT2D eigenvalue weighted by Crippen LogP contribution is 2.31. The van der Waals surface area contributed by atoms with Crippen molar-refractivity contribution in [3.05, 3.63) is 69.5 Å². The molecular weight excluding hydrogens is 431 g/mol. The van der Waals surface area contributed by atoms with E-state index < -0.39 is 11.0 Å². The van der Waals surface area contributed by atoms with E-state index in [0.717, 1.165) is 5.56 Å². The molecule has 33 heavy (non-hydrogen) atoms. The number of amides is 2. The van der Waals surface area contributed by atoms with Gasteiger partial charge in [0, 0.05) is 51.3 Å². The minimum atomic E-state index is -0.482. The standard InChI is InChI=1S/C23H25FN4O5/c1-16(29)25-8-10-26(11-9-25)20-7-4-18(14-21(20)28(31)32)23(30)27-12-13-33-22(15-27)17-2-5-19(24)6-3-17/h2-7,14,22H,8-13,15H2,1H3. The Morgan fingerprint density at radius 2 is 1.73 bits per heavy atom. The fourth-order valence-electron chi connectivity index (χ4n) is 4.23. The minimum absolute atomic E-state index is 0.0189. The lowest BCUT2D eigenvalue weighted by Crippen LogP contribution is -2.48. The topological polar surface area (TPSA) is 96.2 Å². The average molecular weight is 456 g/mol. The second-order valence-electron chi connectivity index (χ2n) is 8.12. The molecule has 0 spiro atoms. The number of ether oxygens (including phenoxy) is 1. The van der Waals surface area contributed by atoms with Crippen LogP contribution in [0.4, 0.5) is 15.8 Å². The van der Waals surface area contributed by atoms with Crippen molar-refractivity contribution < 1.29 is 23.6 Å². The maximum Gasteiger partial charge on any atom is 0.293 e. The van der Waals surface area contributed by atoms with Crippen LogP contribution in [0.25, 0.3) is 0 Å². The van der Waals surface area contributed by atoms with Crippen LogP contribution < -0.4 is 4.90 Å². The number of nitro benzene ring substituents is 1. The van der Waals surface area contributed by atoms with Gasteiger partial charge in [-0.15, -0.1) is 0 Å². The molecule has 0 saturated carbocycles. The van der Waals surface area contributed by atoms with Gasteiger partial charge in [0.05, 0.1) is 18.1 Å². The van der Waals surface area contributed by atoms with Crippen LogP contribution in [0.3, 0.4) is 0 Å². The second-order valence-corrected chi connectivity index (χ2v) is 8.12. The van der Waals surface area contributed by atoms with Crippen molar-refractivity contribution in [2.45, 2.75) is 13.0 Å². The van der Waals surface area contributed by atoms with Crippen LogP contribution in [-0.4, -0.2) is 72.4 Å². The zero-order chi connectivity index (χ0) is 23.5. The van der Waals surface area contributed by atoms with Crippen LogP contribution in [0, 0.1) is 15.9 Å². The molecule has 2 saturated heterocycles. The molecule has 2 aromatic rings. The van der Waals surface area contributed by atoms with Gasteiger partial charge in [0.25, 0.3) is 11.6 Å². The molecule has 2 aliphatic rings. The number of morpholine rings is 1. The lowest BCUT2D eigenvalue weighted by Gasteiger charge is -2.35. The Hall–Kier alpha value is -3.53. The van der Waals surface area contributed by atoms with E-state index in [0.29, 0.717) is 45.0 Å². The SMILES string of the molecule is CC(=O)N1CCN(c2ccc(C(=O)N3CCOC(c4ccc(F)cc4)C3)cc2[N+](=O)[O-])CC1. The van der Waals surface area contributed by atoms with Gasteiger partial charge in [-0.05, 0) is 29.8 Å². The maximum absolute atomic E-state index is 13.2. The van der Waals surface area contributed by atoms with Gasteiger partial charge in [-0.3, -0.25) is 19.7 Å². The van der Waals surface area contributed by atoms with Gasteiger partial charge in [0.1, 0.15) is 17.6 Å². The molecule has 9 nitrogen and oxygen atoms in total. The number of nitrogens with zero attached hydrogens (tertiary/aromatic N) is 4. The Balaban J connectivity index is 1.51. The lowest BCUT2D eigenvalue weighted by molar-refractivity contribution is -0.384. The monoisotopic (exact) mass is 456 g/mol. The van der Waals surface area contributed by atoms with E-state index in [1.165, 1.54) is 25.1 Å². The van der Waals surface area contributed by atoms with E-state index in [2.05, 4.69) is 0 Å². The maximum atomic E-state index is 13.2. The number of halogens is 1. The van der Waals surface area contributed by atoms with Gasteiger partial charge < -0.3 is 19.4 Å². The number of anilines is 1. The highest BCUT2D eigenvalue weighted by atomic mass is 19.1. The summed E-state index contributed by atoms with van der Waals surface area (Å²) in [6, 6.07) is 10.5. The average Bonchev–Trinajstić information content (AvgIpc) is 2.83. The third-order valence-electron chi connectivity index (χ3n) is 6.08. The number of rotatable bonds is 4. The summed E-state index contributed by atoms with van der Waals surface area (Å²) in [6.07, 6.45) is -0.393. The van der Waals surface area contributed by atoms with Crippen LogP contribution in [0.1, 0.15) is 28.9 Å². The molecule has 0 radical (unpaired) electrons. The Labute approximate surface area is 190 Å². The highest BCUT2D eigenvalue weighted by molar-refractivity contribution is 5.96. The summed E-state index contributed by atoms with van der Waals surface area (Å²) in [4.78, 5) is 41.2. The molecule has 0 N–H and O–H groups in total. The zero-order valence-corrected chi connectivity index (χ0v) is 18.3. The molecule has 0 bridgehead atoms. The molecule has 2 fully saturated rings. The number of hydrogen-bond acceptors (Lipinski definition) is 6. The van der Waals surface area contributed by atoms with Crippen LogP contribution in [0.15, 0.2) is 42.5 Å². The molecule has 4 rings (SSSR count). The molecule has 174 valence electrons. The normalized spacial score (nSPS) is 18.8. The van der Waals surface area contributed by atoms with Crippen molar-refractivity contribution in [1.82, 2.24) is 9.80 Å². The van der Waals surface area contributed by atoms with Gasteiger partial charge in [-0.25, -0.2) is 4.39 Å². The molecule has 1 unspecified atom stereocenters. The Morgan fingerprint density at radius 3 is 2.36 bits per heavy atom. The summed E-state index contributed by atoms with van der Waals surface area (Å²) >= 11 is 0. The molecule has 10 heteroatoms. The van der Waals surface area contributed by atoms with Crippen LogP contribution in [-0.2, 0) is 9.53 Å². The van der Waals surface area contributed by atoms with E-state index in [1.54, 1.807) is 34.1 Å². The van der Waals surface area contributed by atoms with Gasteiger partial charge in [-0.2, -0.15) is 0 Å². The van der Waals surface area contributed by atoms with Crippen molar-refractivity contribution in [3.8, 4) is 0 Å². The molecular formula is C23H25FN4O5. The fourth-order valence-corrected chi connectivity index (χ4v) is 4.23. The third-order valence-corrected chi connectivity index (χ3v) is 6.08. The largest absolute Gasteiger partial charge is 0.370 e. The Morgan fingerprint density at radius 1 is 1.03 bits per heavy atom. The third kappa shape index (κ3) is 4.95. The summed E-state index contributed by atoms with van der Waals surface area (Å²) in [5.74, 6) is -0.686. The number of nitro groups is 1. The smallest absolute Gasteiger partial charge is 0.293 e. The quantitative estimate of drug-likeness (QED) is 0.518. The number of benzene rings is 2. The number of carbonyl (C=O) groups is 2. The van der Waals surface area contributed by atoms with Crippen molar-refractivity contribution in [2.24, 2.45) is 0 Å².